The average Bonchev–Trinajstić information content (AvgIpc) is 2.09. The second-order valence-electron chi connectivity index (χ2n) is 2.61. The van der Waals surface area contributed by atoms with Crippen molar-refractivity contribution in [2.75, 3.05) is 12.8 Å². The molecule has 12 heavy (non-hydrogen) atoms. The Morgan fingerprint density at radius 1 is 1.25 bits per heavy atom. The number of benzene rings is 1. The molecule has 0 amide bonds. The Hall–Kier alpha value is -0.470. The van der Waals surface area contributed by atoms with Gasteiger partial charge in [0.1, 0.15) is 0 Å². The fourth-order valence-corrected chi connectivity index (χ4v) is 1.74. The van der Waals surface area contributed by atoms with Crippen molar-refractivity contribution in [2.24, 2.45) is 0 Å². The van der Waals surface area contributed by atoms with E-state index in [2.05, 4.69) is 36.5 Å². The Bertz CT molecular complexity index is 193. The smallest absolute Gasteiger partial charge is 0.0202 e. The topological polar surface area (TPSA) is 12.0 Å². The molecule has 1 aromatic carbocycles. The highest BCUT2D eigenvalue weighted by Crippen LogP contribution is 2.17. The lowest BCUT2D eigenvalue weighted by molar-refractivity contribution is 0.817. The highest BCUT2D eigenvalue weighted by molar-refractivity contribution is 7.99. The van der Waals surface area contributed by atoms with E-state index in [0.717, 1.165) is 12.3 Å². The molecule has 0 bridgehead atoms. The molecule has 0 radical (unpaired) electrons. The summed E-state index contributed by atoms with van der Waals surface area (Å²) in [4.78, 5) is 1.36. The van der Waals surface area contributed by atoms with Gasteiger partial charge in [0.2, 0.25) is 0 Å². The van der Waals surface area contributed by atoms with Crippen molar-refractivity contribution in [3.05, 3.63) is 29.8 Å². The minimum Gasteiger partial charge on any atom is -0.316 e. The van der Waals surface area contributed by atoms with Crippen LogP contribution < -0.4 is 5.32 Å². The number of hydrogen-bond acceptors (Lipinski definition) is 2. The summed E-state index contributed by atoms with van der Waals surface area (Å²) in [5, 5.41) is 3.13. The standard InChI is InChI=1S/C10H15NS/c1-3-12-10-6-4-9(5-7-10)8-11-2/h4-7,11H,3,8H2,1-2H3. The second-order valence-corrected chi connectivity index (χ2v) is 3.94. The van der Waals surface area contributed by atoms with Crippen molar-refractivity contribution < 1.29 is 0 Å². The molecule has 0 spiro atoms. The maximum atomic E-state index is 3.13. The first kappa shape index (κ1) is 9.62. The zero-order chi connectivity index (χ0) is 8.81. The normalized spacial score (nSPS) is 10.2. The summed E-state index contributed by atoms with van der Waals surface area (Å²) in [7, 11) is 1.97. The Morgan fingerprint density at radius 3 is 2.42 bits per heavy atom. The zero-order valence-corrected chi connectivity index (χ0v) is 8.45. The molecule has 1 rings (SSSR count). The molecular formula is C10H15NS. The molecule has 0 saturated heterocycles. The van der Waals surface area contributed by atoms with Crippen molar-refractivity contribution in [3.8, 4) is 0 Å². The van der Waals surface area contributed by atoms with E-state index < -0.39 is 0 Å². The second kappa shape index (κ2) is 5.22. The van der Waals surface area contributed by atoms with Crippen molar-refractivity contribution >= 4 is 11.8 Å². The Balaban J connectivity index is 2.58. The lowest BCUT2D eigenvalue weighted by Gasteiger charge is -2.01. The van der Waals surface area contributed by atoms with E-state index in [4.69, 9.17) is 0 Å². The Labute approximate surface area is 78.6 Å². The van der Waals surface area contributed by atoms with Crippen LogP contribution in [0.5, 0.6) is 0 Å². The molecule has 1 nitrogen and oxygen atoms in total. The van der Waals surface area contributed by atoms with Gasteiger partial charge in [-0.3, -0.25) is 0 Å². The molecule has 0 aliphatic rings. The van der Waals surface area contributed by atoms with Crippen LogP contribution in [0.15, 0.2) is 29.2 Å². The van der Waals surface area contributed by atoms with Crippen LogP contribution in [0.2, 0.25) is 0 Å². The van der Waals surface area contributed by atoms with Gasteiger partial charge in [-0.25, -0.2) is 0 Å². The van der Waals surface area contributed by atoms with Crippen molar-refractivity contribution in [3.63, 3.8) is 0 Å². The maximum Gasteiger partial charge on any atom is 0.0202 e. The molecule has 0 heterocycles. The Kier molecular flexibility index (Phi) is 4.19. The molecule has 0 atom stereocenters. The first-order valence-electron chi connectivity index (χ1n) is 4.23. The van der Waals surface area contributed by atoms with Crippen molar-refractivity contribution in [2.45, 2.75) is 18.4 Å². The highest BCUT2D eigenvalue weighted by Gasteiger charge is 1.92. The molecular weight excluding hydrogens is 166 g/mol. The molecule has 0 aliphatic carbocycles. The monoisotopic (exact) mass is 181 g/mol. The fraction of sp³-hybridized carbons (Fsp3) is 0.400. The third kappa shape index (κ3) is 2.88. The minimum absolute atomic E-state index is 0.955. The predicted octanol–water partition coefficient (Wildman–Crippen LogP) is 2.52. The summed E-state index contributed by atoms with van der Waals surface area (Å²) in [6, 6.07) is 8.71. The van der Waals surface area contributed by atoms with Crippen LogP contribution in [0.3, 0.4) is 0 Å². The average molecular weight is 181 g/mol. The van der Waals surface area contributed by atoms with Gasteiger partial charge < -0.3 is 5.32 Å². The molecule has 0 aliphatic heterocycles. The van der Waals surface area contributed by atoms with Gasteiger partial charge in [0, 0.05) is 11.4 Å². The van der Waals surface area contributed by atoms with Crippen LogP contribution in [0.4, 0.5) is 0 Å². The largest absolute Gasteiger partial charge is 0.316 e. The van der Waals surface area contributed by atoms with Crippen molar-refractivity contribution in [1.29, 1.82) is 0 Å². The maximum absolute atomic E-state index is 3.13. The summed E-state index contributed by atoms with van der Waals surface area (Å²) in [6.07, 6.45) is 0. The number of hydrogen-bond donors (Lipinski definition) is 1. The lowest BCUT2D eigenvalue weighted by Crippen LogP contribution is -2.04. The molecule has 0 saturated carbocycles. The first-order valence-corrected chi connectivity index (χ1v) is 5.21. The molecule has 2 heteroatoms. The molecule has 0 aromatic heterocycles. The number of rotatable bonds is 4. The van der Waals surface area contributed by atoms with E-state index in [1.54, 1.807) is 0 Å². The molecule has 1 N–H and O–H groups in total. The lowest BCUT2D eigenvalue weighted by atomic mass is 10.2. The van der Waals surface area contributed by atoms with Crippen LogP contribution in [-0.4, -0.2) is 12.8 Å². The van der Waals surface area contributed by atoms with Gasteiger partial charge in [-0.1, -0.05) is 19.1 Å². The number of nitrogens with one attached hydrogen (secondary N) is 1. The summed E-state index contributed by atoms with van der Waals surface area (Å²) in [5.74, 6) is 1.14. The van der Waals surface area contributed by atoms with Gasteiger partial charge >= 0.3 is 0 Å². The van der Waals surface area contributed by atoms with Gasteiger partial charge in [-0.05, 0) is 30.5 Å². The van der Waals surface area contributed by atoms with Crippen LogP contribution in [0, 0.1) is 0 Å². The highest BCUT2D eigenvalue weighted by atomic mass is 32.2. The SMILES string of the molecule is CCSc1ccc(CNC)cc1. The zero-order valence-electron chi connectivity index (χ0n) is 7.63. The predicted molar refractivity (Wildman–Crippen MR) is 55.6 cm³/mol. The van der Waals surface area contributed by atoms with Gasteiger partial charge in [-0.15, -0.1) is 11.8 Å². The van der Waals surface area contributed by atoms with Gasteiger partial charge in [0.25, 0.3) is 0 Å². The van der Waals surface area contributed by atoms with Crippen molar-refractivity contribution in [1.82, 2.24) is 5.32 Å². The summed E-state index contributed by atoms with van der Waals surface area (Å²) >= 11 is 1.88. The third-order valence-corrected chi connectivity index (χ3v) is 2.51. The molecule has 66 valence electrons. The molecule has 1 aromatic rings. The summed E-state index contributed by atoms with van der Waals surface area (Å²) in [6.45, 7) is 3.13. The molecule has 0 fully saturated rings. The van der Waals surface area contributed by atoms with Crippen LogP contribution >= 0.6 is 11.8 Å². The van der Waals surface area contributed by atoms with Crippen LogP contribution in [0.25, 0.3) is 0 Å². The third-order valence-electron chi connectivity index (χ3n) is 1.62. The fourth-order valence-electron chi connectivity index (χ4n) is 1.07. The first-order chi connectivity index (χ1) is 5.86. The van der Waals surface area contributed by atoms with E-state index in [0.29, 0.717) is 0 Å². The van der Waals surface area contributed by atoms with Gasteiger partial charge in [0.05, 0.1) is 0 Å². The minimum atomic E-state index is 0.955. The van der Waals surface area contributed by atoms with E-state index in [1.165, 1.54) is 10.5 Å². The van der Waals surface area contributed by atoms with E-state index in [1.807, 2.05) is 18.8 Å². The van der Waals surface area contributed by atoms with Crippen LogP contribution in [-0.2, 0) is 6.54 Å². The van der Waals surface area contributed by atoms with E-state index in [9.17, 15) is 0 Å². The van der Waals surface area contributed by atoms with E-state index in [-0.39, 0.29) is 0 Å². The number of thioether (sulfide) groups is 1. The van der Waals surface area contributed by atoms with Gasteiger partial charge in [0.15, 0.2) is 0 Å². The molecule has 0 unspecified atom stereocenters. The van der Waals surface area contributed by atoms with Gasteiger partial charge in [-0.2, -0.15) is 0 Å². The van der Waals surface area contributed by atoms with E-state index >= 15 is 0 Å². The summed E-state index contributed by atoms with van der Waals surface area (Å²) < 4.78 is 0. The summed E-state index contributed by atoms with van der Waals surface area (Å²) in [5.41, 5.74) is 1.35. The quantitative estimate of drug-likeness (QED) is 0.716. The van der Waals surface area contributed by atoms with Crippen LogP contribution in [0.1, 0.15) is 12.5 Å². The Morgan fingerprint density at radius 2 is 1.92 bits per heavy atom.